The van der Waals surface area contributed by atoms with E-state index in [0.717, 1.165) is 0 Å². The first kappa shape index (κ1) is 19.5. The fraction of sp³-hybridized carbons (Fsp3) is 1.00. The van der Waals surface area contributed by atoms with Gasteiger partial charge in [-0.3, -0.25) is 13.7 Å². The molecule has 0 bridgehead atoms. The zero-order valence-electron chi connectivity index (χ0n) is 12.0. The van der Waals surface area contributed by atoms with Crippen LogP contribution in [0.1, 0.15) is 41.5 Å². The fourth-order valence-corrected chi connectivity index (χ4v) is 7.45. The minimum Gasteiger partial charge on any atom is -0.343 e. The van der Waals surface area contributed by atoms with Gasteiger partial charge in [-0.15, -0.1) is 0 Å². The Balaban J connectivity index is 5.22. The Morgan fingerprint density at radius 2 is 1.21 bits per heavy atom. The molecule has 0 aliphatic heterocycles. The first-order chi connectivity index (χ1) is 7.91. The van der Waals surface area contributed by atoms with Gasteiger partial charge in [-0.05, 0) is 20.8 Å². The second-order valence-electron chi connectivity index (χ2n) is 6.42. The van der Waals surface area contributed by atoms with E-state index in [1.165, 1.54) is 41.5 Å². The number of hydrogen-bond donors (Lipinski definition) is 3. The molecule has 116 valence electrons. The van der Waals surface area contributed by atoms with Gasteiger partial charge in [0.25, 0.3) is 0 Å². The van der Waals surface area contributed by atoms with Gasteiger partial charge in [-0.2, -0.15) is 0 Å². The second-order valence-corrected chi connectivity index (χ2v) is 14.6. The normalized spacial score (nSPS) is 23.2. The summed E-state index contributed by atoms with van der Waals surface area (Å²) in [5.41, 5.74) is 0. The van der Waals surface area contributed by atoms with Crippen LogP contribution in [-0.2, 0) is 18.0 Å². The van der Waals surface area contributed by atoms with Crippen LogP contribution in [0.25, 0.3) is 0 Å². The van der Waals surface area contributed by atoms with E-state index in [2.05, 4.69) is 4.31 Å². The highest BCUT2D eigenvalue weighted by molar-refractivity contribution is 7.77. The van der Waals surface area contributed by atoms with E-state index >= 15 is 0 Å². The average Bonchev–Trinajstić information content (AvgIpc) is 1.93. The Labute approximate surface area is 113 Å². The molecular formula is C9H23O7P3. The Morgan fingerprint density at radius 1 is 0.842 bits per heavy atom. The first-order valence-electron chi connectivity index (χ1n) is 5.59. The summed E-state index contributed by atoms with van der Waals surface area (Å²) >= 11 is 0. The third-order valence-electron chi connectivity index (χ3n) is 2.50. The molecular weight excluding hydrogens is 313 g/mol. The average molecular weight is 336 g/mol. The highest BCUT2D eigenvalue weighted by Gasteiger charge is 2.47. The third kappa shape index (κ3) is 5.43. The molecule has 3 unspecified atom stereocenters. The molecule has 0 radical (unpaired) electrons. The molecule has 0 saturated carbocycles. The minimum atomic E-state index is -4.65. The van der Waals surface area contributed by atoms with E-state index in [4.69, 9.17) is 0 Å². The topological polar surface area (TPSA) is 121 Å². The van der Waals surface area contributed by atoms with Gasteiger partial charge >= 0.3 is 15.2 Å². The van der Waals surface area contributed by atoms with Crippen molar-refractivity contribution in [3.8, 4) is 0 Å². The molecule has 0 spiro atoms. The third-order valence-corrected chi connectivity index (χ3v) is 11.2. The minimum absolute atomic E-state index is 1.05. The van der Waals surface area contributed by atoms with Gasteiger partial charge in [-0.25, -0.2) is 4.31 Å². The van der Waals surface area contributed by atoms with Crippen LogP contribution in [0.3, 0.4) is 0 Å². The highest BCUT2D eigenvalue weighted by Crippen LogP contribution is 2.71. The van der Waals surface area contributed by atoms with Gasteiger partial charge in [-0.1, -0.05) is 20.8 Å². The smallest absolute Gasteiger partial charge is 0.343 e. The highest BCUT2D eigenvalue weighted by atomic mass is 31.3. The van der Waals surface area contributed by atoms with Gasteiger partial charge in [0.1, 0.15) is 5.90 Å². The van der Waals surface area contributed by atoms with Crippen LogP contribution in [0, 0.1) is 0 Å². The van der Waals surface area contributed by atoms with Crippen molar-refractivity contribution in [2.75, 3.05) is 5.90 Å². The molecule has 3 N–H and O–H groups in total. The summed E-state index contributed by atoms with van der Waals surface area (Å²) < 4.78 is 40.0. The standard InChI is InChI=1S/C9H23O7P3/c1-8(2,3)17(10,11)7-18(12,13)16-19(14,15)9(4,5)6/h7H2,1-6H3,(H,10,11)(H,12,13)(H,14,15). The van der Waals surface area contributed by atoms with E-state index in [9.17, 15) is 28.4 Å². The monoisotopic (exact) mass is 336 g/mol. The largest absolute Gasteiger partial charge is 0.344 e. The van der Waals surface area contributed by atoms with Crippen molar-refractivity contribution in [2.24, 2.45) is 0 Å². The Bertz CT molecular complexity index is 431. The molecule has 0 aromatic rings. The van der Waals surface area contributed by atoms with Crippen LogP contribution in [0.15, 0.2) is 0 Å². The molecule has 0 aromatic heterocycles. The molecule has 7 nitrogen and oxygen atoms in total. The van der Waals surface area contributed by atoms with E-state index < -0.39 is 38.8 Å². The summed E-state index contributed by atoms with van der Waals surface area (Å²) in [5.74, 6) is -1.05. The van der Waals surface area contributed by atoms with Crippen LogP contribution in [0.4, 0.5) is 0 Å². The van der Waals surface area contributed by atoms with E-state index in [1.807, 2.05) is 0 Å². The predicted molar refractivity (Wildman–Crippen MR) is 74.9 cm³/mol. The van der Waals surface area contributed by atoms with Gasteiger partial charge in [0.2, 0.25) is 7.37 Å². The summed E-state index contributed by atoms with van der Waals surface area (Å²) in [4.78, 5) is 29.0. The lowest BCUT2D eigenvalue weighted by Gasteiger charge is -2.30. The number of hydrogen-bond acceptors (Lipinski definition) is 4. The van der Waals surface area contributed by atoms with Crippen LogP contribution in [0.5, 0.6) is 0 Å². The van der Waals surface area contributed by atoms with Crippen LogP contribution >= 0.6 is 22.6 Å². The van der Waals surface area contributed by atoms with Crippen molar-refractivity contribution in [1.82, 2.24) is 0 Å². The molecule has 0 aliphatic carbocycles. The molecule has 0 aliphatic rings. The summed E-state index contributed by atoms with van der Waals surface area (Å²) in [6.45, 7) is 8.43. The SMILES string of the molecule is CC(C)(C)P(=O)(O)CP(=O)(O)OP(=O)(O)C(C)(C)C. The molecule has 3 atom stereocenters. The zero-order valence-corrected chi connectivity index (χ0v) is 14.7. The first-order valence-corrected chi connectivity index (χ1v) is 10.8. The molecule has 0 heterocycles. The zero-order chi connectivity index (χ0) is 15.9. The van der Waals surface area contributed by atoms with E-state index in [1.54, 1.807) is 0 Å². The summed E-state index contributed by atoms with van der Waals surface area (Å²) in [6.07, 6.45) is 0. The maximum Gasteiger partial charge on any atom is 0.344 e. The Hall–Kier alpha value is 0.530. The predicted octanol–water partition coefficient (Wildman–Crippen LogP) is 3.20. The van der Waals surface area contributed by atoms with E-state index in [-0.39, 0.29) is 0 Å². The van der Waals surface area contributed by atoms with Gasteiger partial charge in [0, 0.05) is 5.16 Å². The Kier molecular flexibility index (Phi) is 5.53. The summed E-state index contributed by atoms with van der Waals surface area (Å²) in [6, 6.07) is 0. The quantitative estimate of drug-likeness (QED) is 0.674. The van der Waals surface area contributed by atoms with Crippen molar-refractivity contribution in [2.45, 2.75) is 51.9 Å². The lowest BCUT2D eigenvalue weighted by Crippen LogP contribution is -2.19. The summed E-state index contributed by atoms with van der Waals surface area (Å²) in [5, 5.41) is -2.37. The molecule has 0 saturated heterocycles. The lowest BCUT2D eigenvalue weighted by atomic mass is 10.3. The molecule has 0 fully saturated rings. The van der Waals surface area contributed by atoms with Crippen molar-refractivity contribution < 1.29 is 32.7 Å². The van der Waals surface area contributed by atoms with Crippen molar-refractivity contribution in [3.63, 3.8) is 0 Å². The van der Waals surface area contributed by atoms with Crippen LogP contribution in [-0.4, -0.2) is 30.9 Å². The lowest BCUT2D eigenvalue weighted by molar-refractivity contribution is 0.314. The molecule has 10 heteroatoms. The van der Waals surface area contributed by atoms with Crippen molar-refractivity contribution in [3.05, 3.63) is 0 Å². The molecule has 0 amide bonds. The van der Waals surface area contributed by atoms with Gasteiger partial charge < -0.3 is 14.7 Å². The van der Waals surface area contributed by atoms with Crippen molar-refractivity contribution >= 4 is 22.6 Å². The van der Waals surface area contributed by atoms with Crippen LogP contribution < -0.4 is 0 Å². The summed E-state index contributed by atoms with van der Waals surface area (Å²) in [7, 11) is -13.0. The maximum atomic E-state index is 12.0. The molecule has 0 aromatic carbocycles. The van der Waals surface area contributed by atoms with Crippen molar-refractivity contribution in [1.29, 1.82) is 0 Å². The van der Waals surface area contributed by atoms with Gasteiger partial charge in [0.15, 0.2) is 0 Å². The second kappa shape index (κ2) is 5.38. The van der Waals surface area contributed by atoms with Crippen LogP contribution in [0.2, 0.25) is 0 Å². The Morgan fingerprint density at radius 3 is 1.47 bits per heavy atom. The van der Waals surface area contributed by atoms with Gasteiger partial charge in [0.05, 0.1) is 5.16 Å². The van der Waals surface area contributed by atoms with E-state index in [0.29, 0.717) is 0 Å². The molecule has 0 rings (SSSR count). The molecule has 19 heavy (non-hydrogen) atoms. The number of rotatable bonds is 4. The maximum absolute atomic E-state index is 12.0. The fourth-order valence-electron chi connectivity index (χ4n) is 0.776.